The van der Waals surface area contributed by atoms with Gasteiger partial charge in [-0.1, -0.05) is 48.5 Å². The summed E-state index contributed by atoms with van der Waals surface area (Å²) in [7, 11) is 3.75. The van der Waals surface area contributed by atoms with Gasteiger partial charge in [0.15, 0.2) is 5.75 Å². The summed E-state index contributed by atoms with van der Waals surface area (Å²) in [5.41, 5.74) is 2.43. The van der Waals surface area contributed by atoms with E-state index >= 15 is 0 Å². The number of hydrogen-bond acceptors (Lipinski definition) is 6. The molecule has 174 valence electrons. The predicted molar refractivity (Wildman–Crippen MR) is 127 cm³/mol. The number of carbonyl (C=O) groups is 2. The van der Waals surface area contributed by atoms with Crippen molar-refractivity contribution in [2.24, 2.45) is 0 Å². The zero-order valence-electron chi connectivity index (χ0n) is 19.0. The summed E-state index contributed by atoms with van der Waals surface area (Å²) in [4.78, 5) is 39.9. The van der Waals surface area contributed by atoms with Crippen molar-refractivity contribution in [3.8, 4) is 5.75 Å². The van der Waals surface area contributed by atoms with Gasteiger partial charge in [0.25, 0.3) is 11.8 Å². The molecule has 3 aromatic rings. The molecular formula is C26H25N3O5. The molecule has 0 aromatic heterocycles. The smallest absolute Gasteiger partial charge is 0.310 e. The molecule has 0 saturated carbocycles. The molecule has 1 aliphatic rings. The van der Waals surface area contributed by atoms with Gasteiger partial charge in [0.1, 0.15) is 6.61 Å². The van der Waals surface area contributed by atoms with Crippen LogP contribution in [0.4, 0.5) is 5.69 Å². The zero-order chi connectivity index (χ0) is 24.2. The van der Waals surface area contributed by atoms with Crippen LogP contribution in [0.5, 0.6) is 5.75 Å². The molecule has 8 nitrogen and oxygen atoms in total. The van der Waals surface area contributed by atoms with Crippen LogP contribution in [0.2, 0.25) is 0 Å². The third kappa shape index (κ3) is 4.82. The third-order valence-corrected chi connectivity index (χ3v) is 5.93. The van der Waals surface area contributed by atoms with Crippen molar-refractivity contribution < 1.29 is 19.2 Å². The Morgan fingerprint density at radius 3 is 2.12 bits per heavy atom. The fourth-order valence-electron chi connectivity index (χ4n) is 3.99. The van der Waals surface area contributed by atoms with Crippen LogP contribution in [-0.4, -0.2) is 53.2 Å². The van der Waals surface area contributed by atoms with Crippen LogP contribution in [0.3, 0.4) is 0 Å². The van der Waals surface area contributed by atoms with Gasteiger partial charge in [0, 0.05) is 18.7 Å². The Hall–Kier alpha value is -4.04. The SMILES string of the molecule is CN(C)[C@@H](Cc1ccc([N+](=O)[O-])c(OCc2ccccc2)c1)CN1C(=O)c2ccccc2C1=O. The fourth-order valence-corrected chi connectivity index (χ4v) is 3.99. The molecule has 1 atom stereocenters. The predicted octanol–water partition coefficient (Wildman–Crippen LogP) is 3.94. The van der Waals surface area contributed by atoms with Crippen LogP contribution in [0.25, 0.3) is 0 Å². The average Bonchev–Trinajstić information content (AvgIpc) is 3.07. The maximum Gasteiger partial charge on any atom is 0.310 e. The van der Waals surface area contributed by atoms with Crippen molar-refractivity contribution in [2.75, 3.05) is 20.6 Å². The molecule has 1 aliphatic heterocycles. The van der Waals surface area contributed by atoms with Gasteiger partial charge in [-0.25, -0.2) is 0 Å². The molecule has 0 spiro atoms. The molecule has 0 bridgehead atoms. The van der Waals surface area contributed by atoms with Crippen LogP contribution in [0.15, 0.2) is 72.8 Å². The second kappa shape index (κ2) is 9.84. The lowest BCUT2D eigenvalue weighted by Gasteiger charge is -2.28. The number of nitro benzene ring substituents is 1. The third-order valence-electron chi connectivity index (χ3n) is 5.93. The first-order valence-corrected chi connectivity index (χ1v) is 10.9. The topological polar surface area (TPSA) is 93.0 Å². The van der Waals surface area contributed by atoms with Crippen LogP contribution < -0.4 is 4.74 Å². The Labute approximate surface area is 197 Å². The minimum absolute atomic E-state index is 0.110. The Morgan fingerprint density at radius 1 is 0.912 bits per heavy atom. The highest BCUT2D eigenvalue weighted by Gasteiger charge is 2.36. The van der Waals surface area contributed by atoms with E-state index in [1.54, 1.807) is 36.4 Å². The van der Waals surface area contributed by atoms with Crippen LogP contribution >= 0.6 is 0 Å². The summed E-state index contributed by atoms with van der Waals surface area (Å²) in [5, 5.41) is 11.5. The standard InChI is InChI=1S/C26H25N3O5/c1-27(2)20(16-28-25(30)21-10-6-7-11-22(21)26(28)31)14-19-12-13-23(29(32)33)24(15-19)34-17-18-8-4-3-5-9-18/h3-13,15,20H,14,16-17H2,1-2H3/t20-/m0/s1. The minimum atomic E-state index is -0.466. The summed E-state index contributed by atoms with van der Waals surface area (Å²) in [5.74, 6) is -0.421. The maximum absolute atomic E-state index is 12.8. The van der Waals surface area contributed by atoms with Crippen molar-refractivity contribution in [3.63, 3.8) is 0 Å². The Morgan fingerprint density at radius 2 is 1.53 bits per heavy atom. The molecule has 0 unspecified atom stereocenters. The molecule has 3 aromatic carbocycles. The molecule has 8 heteroatoms. The van der Waals surface area contributed by atoms with Gasteiger partial charge in [-0.3, -0.25) is 24.6 Å². The highest BCUT2D eigenvalue weighted by atomic mass is 16.6. The number of likely N-dealkylation sites (N-methyl/N-ethyl adjacent to an activating group) is 1. The summed E-state index contributed by atoms with van der Waals surface area (Å²) in [6, 6.07) is 20.8. The molecule has 0 N–H and O–H groups in total. The minimum Gasteiger partial charge on any atom is -0.482 e. The van der Waals surface area contributed by atoms with E-state index in [1.807, 2.05) is 49.3 Å². The molecule has 1 heterocycles. The van der Waals surface area contributed by atoms with Gasteiger partial charge < -0.3 is 9.64 Å². The summed E-state index contributed by atoms with van der Waals surface area (Å²) < 4.78 is 5.80. The maximum atomic E-state index is 12.8. The lowest BCUT2D eigenvalue weighted by atomic mass is 10.0. The van der Waals surface area contributed by atoms with Crippen molar-refractivity contribution >= 4 is 17.5 Å². The number of benzene rings is 3. The molecule has 4 rings (SSSR count). The van der Waals surface area contributed by atoms with Crippen molar-refractivity contribution in [1.29, 1.82) is 0 Å². The molecule has 0 fully saturated rings. The highest BCUT2D eigenvalue weighted by molar-refractivity contribution is 6.21. The number of amides is 2. The highest BCUT2D eigenvalue weighted by Crippen LogP contribution is 2.30. The van der Waals surface area contributed by atoms with Gasteiger partial charge in [0.05, 0.1) is 16.1 Å². The second-order valence-corrected chi connectivity index (χ2v) is 8.42. The van der Waals surface area contributed by atoms with E-state index in [-0.39, 0.29) is 42.4 Å². The fraction of sp³-hybridized carbons (Fsp3) is 0.231. The van der Waals surface area contributed by atoms with E-state index < -0.39 is 4.92 Å². The molecule has 34 heavy (non-hydrogen) atoms. The Kier molecular flexibility index (Phi) is 6.70. The quantitative estimate of drug-likeness (QED) is 0.273. The number of carbonyl (C=O) groups excluding carboxylic acids is 2. The number of rotatable bonds is 9. The zero-order valence-corrected chi connectivity index (χ0v) is 19.0. The summed E-state index contributed by atoms with van der Waals surface area (Å²) >= 11 is 0. The van der Waals surface area contributed by atoms with Gasteiger partial charge in [-0.15, -0.1) is 0 Å². The number of fused-ring (bicyclic) bond motifs is 1. The van der Waals surface area contributed by atoms with Crippen LogP contribution in [0.1, 0.15) is 31.8 Å². The lowest BCUT2D eigenvalue weighted by Crippen LogP contribution is -2.44. The van der Waals surface area contributed by atoms with Gasteiger partial charge in [-0.05, 0) is 49.8 Å². The van der Waals surface area contributed by atoms with Crippen molar-refractivity contribution in [2.45, 2.75) is 19.1 Å². The van der Waals surface area contributed by atoms with E-state index in [0.717, 1.165) is 11.1 Å². The normalized spacial score (nSPS) is 13.8. The molecule has 0 aliphatic carbocycles. The summed E-state index contributed by atoms with van der Waals surface area (Å²) in [6.45, 7) is 0.411. The largest absolute Gasteiger partial charge is 0.482 e. The second-order valence-electron chi connectivity index (χ2n) is 8.42. The summed E-state index contributed by atoms with van der Waals surface area (Å²) in [6.07, 6.45) is 0.472. The molecule has 0 radical (unpaired) electrons. The van der Waals surface area contributed by atoms with E-state index in [4.69, 9.17) is 4.74 Å². The van der Waals surface area contributed by atoms with E-state index in [1.165, 1.54) is 11.0 Å². The van der Waals surface area contributed by atoms with Crippen LogP contribution in [-0.2, 0) is 13.0 Å². The number of nitrogens with zero attached hydrogens (tertiary/aromatic N) is 3. The number of hydrogen-bond donors (Lipinski definition) is 0. The first kappa shape index (κ1) is 23.1. The van der Waals surface area contributed by atoms with Crippen molar-refractivity contribution in [3.05, 3.63) is 105 Å². The monoisotopic (exact) mass is 459 g/mol. The number of imide groups is 1. The molecule has 0 saturated heterocycles. The van der Waals surface area contributed by atoms with Crippen LogP contribution in [0, 0.1) is 10.1 Å². The average molecular weight is 460 g/mol. The first-order chi connectivity index (χ1) is 16.3. The van der Waals surface area contributed by atoms with Gasteiger partial charge >= 0.3 is 5.69 Å². The molecule has 2 amide bonds. The Balaban J connectivity index is 1.53. The number of ether oxygens (including phenoxy) is 1. The first-order valence-electron chi connectivity index (χ1n) is 10.9. The van der Waals surface area contributed by atoms with E-state index in [0.29, 0.717) is 17.5 Å². The lowest BCUT2D eigenvalue weighted by molar-refractivity contribution is -0.386. The van der Waals surface area contributed by atoms with E-state index in [9.17, 15) is 19.7 Å². The van der Waals surface area contributed by atoms with Gasteiger partial charge in [-0.2, -0.15) is 0 Å². The Bertz CT molecular complexity index is 1190. The van der Waals surface area contributed by atoms with Crippen molar-refractivity contribution in [1.82, 2.24) is 9.80 Å². The van der Waals surface area contributed by atoms with Gasteiger partial charge in [0.2, 0.25) is 0 Å². The van der Waals surface area contributed by atoms with E-state index in [2.05, 4.69) is 0 Å². The molecular weight excluding hydrogens is 434 g/mol. The number of nitro groups is 1.